The fourth-order valence-corrected chi connectivity index (χ4v) is 15.4. The van der Waals surface area contributed by atoms with Crippen LogP contribution in [0.5, 0.6) is 0 Å². The lowest BCUT2D eigenvalue weighted by molar-refractivity contribution is -0.236. The lowest BCUT2D eigenvalue weighted by atomic mass is 9.33. The van der Waals surface area contributed by atoms with E-state index in [0.29, 0.717) is 30.4 Å². The molecule has 0 bridgehead atoms. The molecule has 342 valence electrons. The van der Waals surface area contributed by atoms with E-state index >= 15 is 0 Å². The molecule has 2 aromatic rings. The van der Waals surface area contributed by atoms with Gasteiger partial charge in [-0.3, -0.25) is 24.0 Å². The molecule has 1 heterocycles. The Hall–Kier alpha value is -4.08. The van der Waals surface area contributed by atoms with Gasteiger partial charge in [-0.1, -0.05) is 92.2 Å². The number of ketones is 1. The molecule has 10 nitrogen and oxygen atoms in total. The molecule has 2 amide bonds. The number of fused-ring (bicyclic) bond motifs is 8. The Morgan fingerprint density at radius 2 is 1.56 bits per heavy atom. The number of allylic oxidation sites excluding steroid dienone is 2. The van der Waals surface area contributed by atoms with Gasteiger partial charge in [0.25, 0.3) is 5.91 Å². The molecule has 63 heavy (non-hydrogen) atoms. The van der Waals surface area contributed by atoms with Crippen LogP contribution in [0.4, 0.5) is 0 Å². The number of carboxylic acid groups (broad SMARTS) is 1. The Morgan fingerprint density at radius 1 is 0.841 bits per heavy atom. The maximum Gasteiger partial charge on any atom is 0.309 e. The maximum atomic E-state index is 14.2. The van der Waals surface area contributed by atoms with E-state index in [0.717, 1.165) is 67.8 Å². The minimum Gasteiger partial charge on any atom is -0.481 e. The van der Waals surface area contributed by atoms with E-state index < -0.39 is 34.2 Å². The zero-order valence-electron chi connectivity index (χ0n) is 39.8. The van der Waals surface area contributed by atoms with E-state index in [2.05, 4.69) is 64.1 Å². The summed E-state index contributed by atoms with van der Waals surface area (Å²) in [6.45, 7) is 24.3. The molecule has 1 aromatic carbocycles. The van der Waals surface area contributed by atoms with E-state index in [4.69, 9.17) is 4.74 Å². The molecule has 0 aliphatic heterocycles. The number of hydrogen-bond donors (Lipinski definition) is 3. The van der Waals surface area contributed by atoms with Crippen LogP contribution in [-0.2, 0) is 23.9 Å². The van der Waals surface area contributed by atoms with Crippen molar-refractivity contribution < 1.29 is 33.8 Å². The average molecular weight is 864 g/mol. The second-order valence-electron chi connectivity index (χ2n) is 23.9. The number of carboxylic acids is 1. The Kier molecular flexibility index (Phi) is 11.0. The van der Waals surface area contributed by atoms with Gasteiger partial charge in [0.2, 0.25) is 5.91 Å². The number of aliphatic carboxylic acids is 1. The van der Waals surface area contributed by atoms with E-state index in [-0.39, 0.29) is 76.1 Å². The van der Waals surface area contributed by atoms with Crippen molar-refractivity contribution >= 4 is 40.4 Å². The van der Waals surface area contributed by atoms with Crippen molar-refractivity contribution in [2.75, 3.05) is 6.54 Å². The molecule has 3 N–H and O–H groups in total. The predicted octanol–water partition coefficient (Wildman–Crippen LogP) is 9.89. The van der Waals surface area contributed by atoms with Gasteiger partial charge in [-0.2, -0.15) is 0 Å². The molecule has 10 atom stereocenters. The van der Waals surface area contributed by atoms with Crippen LogP contribution in [0.25, 0.3) is 10.9 Å². The Labute approximate surface area is 374 Å². The number of amides is 2. The van der Waals surface area contributed by atoms with Crippen molar-refractivity contribution in [1.82, 2.24) is 15.6 Å². The number of ether oxygens (including phenoxy) is 1. The first-order chi connectivity index (χ1) is 29.3. The number of carbonyl (C=O) groups excluding carboxylic acids is 4. The van der Waals surface area contributed by atoms with E-state index in [1.807, 2.05) is 58.0 Å². The normalized spacial score (nSPS) is 36.6. The van der Waals surface area contributed by atoms with E-state index in [1.54, 1.807) is 6.07 Å². The smallest absolute Gasteiger partial charge is 0.309 e. The molecule has 6 aliphatic rings. The molecule has 0 saturated heterocycles. The highest BCUT2D eigenvalue weighted by Crippen LogP contribution is 2.77. The quantitative estimate of drug-likeness (QED) is 0.200. The van der Waals surface area contributed by atoms with Crippen LogP contribution in [0.1, 0.15) is 157 Å². The van der Waals surface area contributed by atoms with Crippen LogP contribution in [0.3, 0.4) is 0 Å². The van der Waals surface area contributed by atoms with E-state index in [9.17, 15) is 29.1 Å². The number of esters is 1. The summed E-state index contributed by atoms with van der Waals surface area (Å²) in [5.41, 5.74) is 1.18. The number of nitrogens with one attached hydrogen (secondary N) is 2. The number of rotatable bonds is 10. The molecule has 5 fully saturated rings. The van der Waals surface area contributed by atoms with Crippen molar-refractivity contribution in [1.29, 1.82) is 0 Å². The van der Waals surface area contributed by atoms with Crippen LogP contribution >= 0.6 is 0 Å². The molecular weight excluding hydrogens is 791 g/mol. The molecule has 10 heteroatoms. The molecular formula is C53H73N3O7. The van der Waals surface area contributed by atoms with Crippen LogP contribution in [0.2, 0.25) is 0 Å². The van der Waals surface area contributed by atoms with Crippen LogP contribution in [0, 0.1) is 68.0 Å². The second-order valence-corrected chi connectivity index (χ2v) is 23.9. The molecule has 0 unspecified atom stereocenters. The molecule has 5 saturated carbocycles. The highest BCUT2D eigenvalue weighted by molar-refractivity contribution is 6.01. The zero-order chi connectivity index (χ0) is 45.9. The van der Waals surface area contributed by atoms with Crippen molar-refractivity contribution in [2.24, 2.45) is 68.0 Å². The zero-order valence-corrected chi connectivity index (χ0v) is 39.8. The summed E-state index contributed by atoms with van der Waals surface area (Å²) in [7, 11) is 0. The van der Waals surface area contributed by atoms with Gasteiger partial charge in [0.15, 0.2) is 5.78 Å². The van der Waals surface area contributed by atoms with Gasteiger partial charge in [0, 0.05) is 35.6 Å². The lowest BCUT2D eigenvalue weighted by Crippen LogP contribution is -2.66. The summed E-state index contributed by atoms with van der Waals surface area (Å²) in [5.74, 6) is -1.09. The summed E-state index contributed by atoms with van der Waals surface area (Å²) in [5, 5.41) is 16.9. The standard InChI is InChI=1S/C53H73N3O7/c1-30(2)42-37(57)27-53(28-41(58)54-29-47(3,4)56-44(59)36-18-16-31-14-12-13-15-35(31)55-36)25-24-51(10)32(43(42)53)17-19-39-50(9)22-21-40(49(7,8)38(50)20-23-52(39,51)11)63-46(62)34-26-33(45(60)61)48(34,5)6/h12-16,18,30,32-34,38-40H,17,19-29H2,1-11H3,(H,54,58)(H,56,59)(H,60,61)/t32-,33+,34-,38+,39-,40+,50+,51-,52-,53+/m1/s1. The van der Waals surface area contributed by atoms with Crippen LogP contribution in [0.15, 0.2) is 47.5 Å². The summed E-state index contributed by atoms with van der Waals surface area (Å²) in [6.07, 6.45) is 8.44. The fourth-order valence-electron chi connectivity index (χ4n) is 15.4. The summed E-state index contributed by atoms with van der Waals surface area (Å²) in [4.78, 5) is 71.8. The minimum absolute atomic E-state index is 0.0137. The Bertz CT molecular complexity index is 2280. The number of hydrogen-bond acceptors (Lipinski definition) is 7. The third-order valence-corrected chi connectivity index (χ3v) is 19.1. The summed E-state index contributed by atoms with van der Waals surface area (Å²) >= 11 is 0. The van der Waals surface area contributed by atoms with Gasteiger partial charge in [-0.25, -0.2) is 4.98 Å². The molecule has 0 spiro atoms. The summed E-state index contributed by atoms with van der Waals surface area (Å²) < 4.78 is 6.43. The van der Waals surface area contributed by atoms with Crippen molar-refractivity contribution in [3.8, 4) is 0 Å². The Balaban J connectivity index is 0.980. The number of carbonyl (C=O) groups is 5. The van der Waals surface area contributed by atoms with Crippen LogP contribution in [-0.4, -0.2) is 57.8 Å². The monoisotopic (exact) mass is 864 g/mol. The summed E-state index contributed by atoms with van der Waals surface area (Å²) in [6, 6.07) is 11.3. The topological polar surface area (TPSA) is 152 Å². The minimum atomic E-state index is -0.841. The van der Waals surface area contributed by atoms with Crippen molar-refractivity contribution in [3.63, 3.8) is 0 Å². The van der Waals surface area contributed by atoms with Gasteiger partial charge in [0.1, 0.15) is 11.8 Å². The largest absolute Gasteiger partial charge is 0.481 e. The van der Waals surface area contributed by atoms with Crippen molar-refractivity contribution in [3.05, 3.63) is 53.2 Å². The number of aromatic nitrogens is 1. The first-order valence-corrected chi connectivity index (χ1v) is 24.0. The predicted molar refractivity (Wildman–Crippen MR) is 243 cm³/mol. The number of nitrogens with zero attached hydrogens (tertiary/aromatic N) is 1. The SMILES string of the molecule is CC(C)C1=C2[C@H]3CC[C@@H]4[C@@]5(C)CC[C@H](OC(=O)[C@H]6C[C@@H](C(=O)O)C6(C)C)C(C)(C)[C@@H]5CC[C@@]4(C)[C@]3(C)CC[C@@]2(CC(=O)NCC(C)(C)NC(=O)c2ccc3ccccc3n2)CC1=O. The maximum absolute atomic E-state index is 14.2. The van der Waals surface area contributed by atoms with Crippen molar-refractivity contribution in [2.45, 2.75) is 158 Å². The third kappa shape index (κ3) is 7.08. The number of benzene rings is 1. The van der Waals surface area contributed by atoms with Gasteiger partial charge < -0.3 is 20.5 Å². The number of Topliss-reactive ketones (excluding diaryl/α,β-unsaturated/α-hetero) is 1. The van der Waals surface area contributed by atoms with E-state index in [1.165, 1.54) is 5.57 Å². The van der Waals surface area contributed by atoms with Gasteiger partial charge in [0.05, 0.1) is 22.9 Å². The number of para-hydroxylation sites is 1. The van der Waals surface area contributed by atoms with Gasteiger partial charge in [-0.15, -0.1) is 0 Å². The molecule has 0 radical (unpaired) electrons. The van der Waals surface area contributed by atoms with Gasteiger partial charge in [-0.05, 0) is 135 Å². The second kappa shape index (κ2) is 15.3. The molecule has 6 aliphatic carbocycles. The highest BCUT2D eigenvalue weighted by atomic mass is 16.5. The first-order valence-electron chi connectivity index (χ1n) is 24.0. The first kappa shape index (κ1) is 45.5. The Morgan fingerprint density at radius 3 is 2.24 bits per heavy atom. The number of pyridine rings is 1. The van der Waals surface area contributed by atoms with Gasteiger partial charge >= 0.3 is 11.9 Å². The fraction of sp³-hybridized carbons (Fsp3) is 0.698. The molecule has 1 aromatic heterocycles. The highest BCUT2D eigenvalue weighted by Gasteiger charge is 2.70. The third-order valence-electron chi connectivity index (χ3n) is 19.1. The lowest BCUT2D eigenvalue weighted by Gasteiger charge is -2.72. The van der Waals surface area contributed by atoms with Crippen LogP contribution < -0.4 is 10.6 Å². The molecule has 8 rings (SSSR count). The average Bonchev–Trinajstić information content (AvgIpc) is 3.49.